The van der Waals surface area contributed by atoms with Gasteiger partial charge in [-0.2, -0.15) is 0 Å². The van der Waals surface area contributed by atoms with Gasteiger partial charge in [0.2, 0.25) is 5.91 Å². The molecule has 2 aromatic carbocycles. The predicted octanol–water partition coefficient (Wildman–Crippen LogP) is 2.70. The van der Waals surface area contributed by atoms with Gasteiger partial charge in [0.1, 0.15) is 17.3 Å². The van der Waals surface area contributed by atoms with Gasteiger partial charge in [0.05, 0.1) is 19.6 Å². The van der Waals surface area contributed by atoms with E-state index in [2.05, 4.69) is 30.1 Å². The molecule has 0 spiro atoms. The fourth-order valence-electron chi connectivity index (χ4n) is 3.41. The minimum Gasteiger partial charge on any atom is -0.508 e. The van der Waals surface area contributed by atoms with Gasteiger partial charge in [0.15, 0.2) is 0 Å². The van der Waals surface area contributed by atoms with Crippen LogP contribution in [0, 0.1) is 19.7 Å². The van der Waals surface area contributed by atoms with Gasteiger partial charge in [0, 0.05) is 31.3 Å². The second-order valence-corrected chi connectivity index (χ2v) is 7.09. The Hall–Kier alpha value is -2.60. The molecule has 3 rings (SSSR count). The summed E-state index contributed by atoms with van der Waals surface area (Å²) in [4.78, 5) is 14.4. The highest BCUT2D eigenvalue weighted by molar-refractivity contribution is 5.79. The first kappa shape index (κ1) is 19.2. The van der Waals surface area contributed by atoms with E-state index in [0.29, 0.717) is 5.56 Å². The Balaban J connectivity index is 1.48. The number of nitrogens with one attached hydrogen (secondary N) is 1. The highest BCUT2D eigenvalue weighted by atomic mass is 19.1. The fourth-order valence-corrected chi connectivity index (χ4v) is 3.41. The largest absolute Gasteiger partial charge is 0.508 e. The molecule has 0 unspecified atom stereocenters. The smallest absolute Gasteiger partial charge is 0.224 e. The van der Waals surface area contributed by atoms with Crippen LogP contribution in [0.3, 0.4) is 0 Å². The van der Waals surface area contributed by atoms with Crippen LogP contribution in [0.2, 0.25) is 0 Å². The molecule has 0 aliphatic carbocycles. The Morgan fingerprint density at radius 3 is 2.59 bits per heavy atom. The minimum absolute atomic E-state index is 0.0411. The lowest BCUT2D eigenvalue weighted by Gasteiger charge is -2.40. The maximum Gasteiger partial charge on any atom is 0.224 e. The monoisotopic (exact) mass is 372 g/mol. The number of nitrogens with zero attached hydrogens (tertiary/aromatic N) is 1. The van der Waals surface area contributed by atoms with E-state index < -0.39 is 5.82 Å². The molecule has 1 fully saturated rings. The van der Waals surface area contributed by atoms with Crippen LogP contribution in [0.5, 0.6) is 11.5 Å². The molecule has 5 nitrogen and oxygen atoms in total. The van der Waals surface area contributed by atoms with E-state index in [1.54, 1.807) is 7.11 Å². The summed E-state index contributed by atoms with van der Waals surface area (Å²) in [7, 11) is 1.68. The van der Waals surface area contributed by atoms with Crippen LogP contribution in [-0.2, 0) is 17.8 Å². The first-order valence-corrected chi connectivity index (χ1v) is 8.99. The van der Waals surface area contributed by atoms with Crippen LogP contribution in [0.1, 0.15) is 22.3 Å². The molecule has 1 heterocycles. The number of ether oxygens (including phenoxy) is 1. The number of phenolic OH excluding ortho intramolecular Hbond substituents is 1. The Kier molecular flexibility index (Phi) is 5.65. The number of carbonyl (C=O) groups excluding carboxylic acids is 1. The van der Waals surface area contributed by atoms with E-state index in [4.69, 9.17) is 4.74 Å². The van der Waals surface area contributed by atoms with Crippen molar-refractivity contribution in [2.75, 3.05) is 20.2 Å². The van der Waals surface area contributed by atoms with Crippen molar-refractivity contribution in [2.24, 2.45) is 0 Å². The number of carbonyl (C=O) groups is 1. The van der Waals surface area contributed by atoms with Crippen LogP contribution < -0.4 is 10.1 Å². The number of amides is 1. The van der Waals surface area contributed by atoms with E-state index in [9.17, 15) is 14.3 Å². The molecule has 0 bridgehead atoms. The number of rotatable bonds is 6. The molecule has 0 aromatic heterocycles. The number of halogens is 1. The molecular weight excluding hydrogens is 347 g/mol. The quantitative estimate of drug-likeness (QED) is 0.819. The van der Waals surface area contributed by atoms with Crippen molar-refractivity contribution >= 4 is 5.91 Å². The van der Waals surface area contributed by atoms with Gasteiger partial charge in [-0.25, -0.2) is 4.39 Å². The summed E-state index contributed by atoms with van der Waals surface area (Å²) in [5.74, 6) is 0.0215. The van der Waals surface area contributed by atoms with Gasteiger partial charge in [-0.3, -0.25) is 9.69 Å². The predicted molar refractivity (Wildman–Crippen MR) is 101 cm³/mol. The third-order valence-electron chi connectivity index (χ3n) is 5.18. The standard InChI is InChI=1S/C21H25FN2O3/c1-13-14(2)20(27-3)7-5-16(13)10-24-11-18(12-24)23-21(26)8-15-4-6-17(22)9-19(15)25/h4-7,9,18,25H,8,10-12H2,1-3H3,(H,23,26). The van der Waals surface area contributed by atoms with Crippen LogP contribution in [-0.4, -0.2) is 42.2 Å². The topological polar surface area (TPSA) is 61.8 Å². The molecule has 0 atom stereocenters. The molecule has 0 radical (unpaired) electrons. The summed E-state index contributed by atoms with van der Waals surface area (Å²) in [5, 5.41) is 12.7. The number of phenols is 1. The molecule has 1 aliphatic rings. The Morgan fingerprint density at radius 1 is 1.22 bits per heavy atom. The van der Waals surface area contributed by atoms with E-state index >= 15 is 0 Å². The number of hydrogen-bond acceptors (Lipinski definition) is 4. The number of hydrogen-bond donors (Lipinski definition) is 2. The van der Waals surface area contributed by atoms with E-state index in [1.807, 2.05) is 6.07 Å². The molecule has 27 heavy (non-hydrogen) atoms. The van der Waals surface area contributed by atoms with Gasteiger partial charge >= 0.3 is 0 Å². The molecule has 2 aromatic rings. The molecular formula is C21H25FN2O3. The number of methoxy groups -OCH3 is 1. The summed E-state index contributed by atoms with van der Waals surface area (Å²) in [5.41, 5.74) is 4.07. The molecule has 0 saturated carbocycles. The third-order valence-corrected chi connectivity index (χ3v) is 5.18. The van der Waals surface area contributed by atoms with Crippen LogP contribution in [0.25, 0.3) is 0 Å². The van der Waals surface area contributed by atoms with Crippen LogP contribution in [0.4, 0.5) is 4.39 Å². The average Bonchev–Trinajstić information content (AvgIpc) is 2.59. The maximum atomic E-state index is 13.0. The highest BCUT2D eigenvalue weighted by Gasteiger charge is 2.28. The second kappa shape index (κ2) is 7.96. The Labute approximate surface area is 158 Å². The van der Waals surface area contributed by atoms with Crippen molar-refractivity contribution in [1.29, 1.82) is 0 Å². The van der Waals surface area contributed by atoms with Gasteiger partial charge < -0.3 is 15.2 Å². The fraction of sp³-hybridized carbons (Fsp3) is 0.381. The molecule has 1 amide bonds. The normalized spacial score (nSPS) is 14.7. The molecule has 144 valence electrons. The summed E-state index contributed by atoms with van der Waals surface area (Å²) in [6.45, 7) is 6.56. The second-order valence-electron chi connectivity index (χ2n) is 7.09. The zero-order chi connectivity index (χ0) is 19.6. The van der Waals surface area contributed by atoms with Crippen molar-refractivity contribution in [3.05, 3.63) is 58.4 Å². The minimum atomic E-state index is -0.518. The molecule has 1 saturated heterocycles. The van der Waals surface area contributed by atoms with Crippen molar-refractivity contribution in [1.82, 2.24) is 10.2 Å². The first-order valence-electron chi connectivity index (χ1n) is 8.99. The number of benzene rings is 2. The van der Waals surface area contributed by atoms with Crippen molar-refractivity contribution < 1.29 is 19.0 Å². The molecule has 1 aliphatic heterocycles. The lowest BCUT2D eigenvalue weighted by Crippen LogP contribution is -2.58. The van der Waals surface area contributed by atoms with E-state index in [1.165, 1.54) is 23.3 Å². The summed E-state index contributed by atoms with van der Waals surface area (Å²) in [6.07, 6.45) is 0.0411. The Morgan fingerprint density at radius 2 is 1.93 bits per heavy atom. The van der Waals surface area contributed by atoms with E-state index in [0.717, 1.165) is 37.0 Å². The SMILES string of the molecule is COc1ccc(CN2CC(NC(=O)Cc3ccc(F)cc3O)C2)c(C)c1C. The van der Waals surface area contributed by atoms with Gasteiger partial charge in [-0.1, -0.05) is 12.1 Å². The third kappa shape index (κ3) is 4.39. The van der Waals surface area contributed by atoms with Crippen molar-refractivity contribution in [3.8, 4) is 11.5 Å². The number of aromatic hydroxyl groups is 1. The van der Waals surface area contributed by atoms with E-state index in [-0.39, 0.29) is 24.1 Å². The highest BCUT2D eigenvalue weighted by Crippen LogP contribution is 2.26. The number of likely N-dealkylation sites (tertiary alicyclic amines) is 1. The Bertz CT molecular complexity index is 848. The van der Waals surface area contributed by atoms with Gasteiger partial charge in [0.25, 0.3) is 0 Å². The molecule has 2 N–H and O–H groups in total. The van der Waals surface area contributed by atoms with Gasteiger partial charge in [-0.05, 0) is 42.7 Å². The summed E-state index contributed by atoms with van der Waals surface area (Å²) in [6, 6.07) is 7.88. The van der Waals surface area contributed by atoms with Crippen molar-refractivity contribution in [3.63, 3.8) is 0 Å². The lowest BCUT2D eigenvalue weighted by atomic mass is 9.99. The zero-order valence-electron chi connectivity index (χ0n) is 15.9. The van der Waals surface area contributed by atoms with Crippen molar-refractivity contribution in [2.45, 2.75) is 32.9 Å². The van der Waals surface area contributed by atoms with Crippen LogP contribution >= 0.6 is 0 Å². The summed E-state index contributed by atoms with van der Waals surface area (Å²) < 4.78 is 18.4. The zero-order valence-corrected chi connectivity index (χ0v) is 15.9. The molecule has 6 heteroatoms. The average molecular weight is 372 g/mol. The summed E-state index contributed by atoms with van der Waals surface area (Å²) >= 11 is 0. The van der Waals surface area contributed by atoms with Gasteiger partial charge in [-0.15, -0.1) is 0 Å². The maximum absolute atomic E-state index is 13.0. The first-order chi connectivity index (χ1) is 12.9. The lowest BCUT2D eigenvalue weighted by molar-refractivity contribution is -0.122. The van der Waals surface area contributed by atoms with Crippen LogP contribution in [0.15, 0.2) is 30.3 Å².